The first-order valence-electron chi connectivity index (χ1n) is 6.49. The second-order valence-electron chi connectivity index (χ2n) is 5.47. The van der Waals surface area contributed by atoms with E-state index in [4.69, 9.17) is 9.47 Å². The molecule has 1 aliphatic heterocycles. The molecule has 0 amide bonds. The van der Waals surface area contributed by atoms with Crippen LogP contribution < -0.4 is 0 Å². The number of hydrogen-bond acceptors (Lipinski definition) is 4. The summed E-state index contributed by atoms with van der Waals surface area (Å²) in [4.78, 5) is 11.5. The monoisotopic (exact) mass is 260 g/mol. The number of aliphatic hydroxyl groups is 1. The van der Waals surface area contributed by atoms with Gasteiger partial charge in [-0.25, -0.2) is 4.79 Å². The summed E-state index contributed by atoms with van der Waals surface area (Å²) in [5.74, 6) is -0.724. The third-order valence-corrected chi connectivity index (χ3v) is 3.59. The van der Waals surface area contributed by atoms with Gasteiger partial charge in [0.15, 0.2) is 5.60 Å². The lowest BCUT2D eigenvalue weighted by Crippen LogP contribution is -2.53. The zero-order chi connectivity index (χ0) is 13.9. The van der Waals surface area contributed by atoms with Crippen LogP contribution in [0.1, 0.15) is 40.5 Å². The standard InChI is InChI=1S/C13H24O5/c1-8(2)11-7-13(12(15)16,5-6-17-11)18-10(4)9(3)14/h8-11,14H,5-7H2,1-4H3,(H,15,16). The van der Waals surface area contributed by atoms with Crippen molar-refractivity contribution in [2.24, 2.45) is 5.92 Å². The van der Waals surface area contributed by atoms with Crippen LogP contribution in [0.2, 0.25) is 0 Å². The van der Waals surface area contributed by atoms with Crippen LogP contribution in [0.3, 0.4) is 0 Å². The van der Waals surface area contributed by atoms with Gasteiger partial charge in [-0.3, -0.25) is 0 Å². The topological polar surface area (TPSA) is 76.0 Å². The molecule has 18 heavy (non-hydrogen) atoms. The molecule has 1 aliphatic rings. The maximum atomic E-state index is 11.5. The molecule has 0 aromatic carbocycles. The Balaban J connectivity index is 2.83. The fraction of sp³-hybridized carbons (Fsp3) is 0.923. The Hall–Kier alpha value is -0.650. The molecule has 4 atom stereocenters. The molecular formula is C13H24O5. The lowest BCUT2D eigenvalue weighted by Gasteiger charge is -2.40. The number of carboxylic acid groups (broad SMARTS) is 1. The highest BCUT2D eigenvalue weighted by molar-refractivity contribution is 5.77. The first-order valence-corrected chi connectivity index (χ1v) is 6.49. The third-order valence-electron chi connectivity index (χ3n) is 3.59. The summed E-state index contributed by atoms with van der Waals surface area (Å²) < 4.78 is 11.2. The SMILES string of the molecule is CC(C)C1CC(OC(C)C(C)O)(C(=O)O)CCO1. The second-order valence-corrected chi connectivity index (χ2v) is 5.47. The smallest absolute Gasteiger partial charge is 0.336 e. The van der Waals surface area contributed by atoms with Crippen LogP contribution in [0.25, 0.3) is 0 Å². The van der Waals surface area contributed by atoms with E-state index < -0.39 is 23.8 Å². The van der Waals surface area contributed by atoms with Gasteiger partial charge in [0.1, 0.15) is 0 Å². The summed E-state index contributed by atoms with van der Waals surface area (Å²) in [5.41, 5.74) is -1.23. The van der Waals surface area contributed by atoms with E-state index in [1.165, 1.54) is 0 Å². The van der Waals surface area contributed by atoms with E-state index in [0.29, 0.717) is 19.4 Å². The summed E-state index contributed by atoms with van der Waals surface area (Å²) in [6.45, 7) is 7.66. The highest BCUT2D eigenvalue weighted by Crippen LogP contribution is 2.33. The molecule has 1 saturated heterocycles. The van der Waals surface area contributed by atoms with E-state index >= 15 is 0 Å². The minimum atomic E-state index is -1.23. The quantitative estimate of drug-likeness (QED) is 0.782. The molecule has 106 valence electrons. The highest BCUT2D eigenvalue weighted by Gasteiger charge is 2.46. The molecule has 0 aromatic heterocycles. The molecule has 4 unspecified atom stereocenters. The number of ether oxygens (including phenoxy) is 2. The van der Waals surface area contributed by atoms with Gasteiger partial charge in [0.2, 0.25) is 0 Å². The third kappa shape index (κ3) is 3.43. The molecule has 0 radical (unpaired) electrons. The maximum Gasteiger partial charge on any atom is 0.336 e. The average Bonchev–Trinajstić information content (AvgIpc) is 2.28. The first kappa shape index (κ1) is 15.4. The van der Waals surface area contributed by atoms with Crippen molar-refractivity contribution in [2.75, 3.05) is 6.61 Å². The minimum Gasteiger partial charge on any atom is -0.479 e. The van der Waals surface area contributed by atoms with Gasteiger partial charge in [-0.1, -0.05) is 13.8 Å². The van der Waals surface area contributed by atoms with Crippen molar-refractivity contribution < 1.29 is 24.5 Å². The molecular weight excluding hydrogens is 236 g/mol. The van der Waals surface area contributed by atoms with Gasteiger partial charge in [-0.05, 0) is 19.8 Å². The van der Waals surface area contributed by atoms with E-state index in [9.17, 15) is 15.0 Å². The predicted molar refractivity (Wildman–Crippen MR) is 66.4 cm³/mol. The Morgan fingerprint density at radius 2 is 2.00 bits per heavy atom. The van der Waals surface area contributed by atoms with Crippen molar-refractivity contribution in [2.45, 2.75) is 64.4 Å². The molecule has 1 fully saturated rings. The van der Waals surface area contributed by atoms with E-state index in [0.717, 1.165) is 0 Å². The molecule has 2 N–H and O–H groups in total. The first-order chi connectivity index (χ1) is 8.28. The number of hydrogen-bond donors (Lipinski definition) is 2. The Kier molecular flexibility index (Phi) is 5.13. The van der Waals surface area contributed by atoms with Gasteiger partial charge in [-0.15, -0.1) is 0 Å². The summed E-state index contributed by atoms with van der Waals surface area (Å²) in [6, 6.07) is 0. The number of aliphatic carboxylic acids is 1. The van der Waals surface area contributed by atoms with Crippen molar-refractivity contribution in [3.63, 3.8) is 0 Å². The largest absolute Gasteiger partial charge is 0.479 e. The fourth-order valence-electron chi connectivity index (χ4n) is 2.10. The Labute approximate surface area is 108 Å². The van der Waals surface area contributed by atoms with Crippen LogP contribution in [-0.4, -0.2) is 46.7 Å². The van der Waals surface area contributed by atoms with Gasteiger partial charge in [0, 0.05) is 12.8 Å². The molecule has 0 spiro atoms. The van der Waals surface area contributed by atoms with Crippen molar-refractivity contribution in [3.8, 4) is 0 Å². The molecule has 5 nitrogen and oxygen atoms in total. The summed E-state index contributed by atoms with van der Waals surface area (Å²) in [5, 5.41) is 18.9. The van der Waals surface area contributed by atoms with E-state index in [1.54, 1.807) is 13.8 Å². The van der Waals surface area contributed by atoms with Gasteiger partial charge >= 0.3 is 5.97 Å². The maximum absolute atomic E-state index is 11.5. The fourth-order valence-corrected chi connectivity index (χ4v) is 2.10. The average molecular weight is 260 g/mol. The zero-order valence-electron chi connectivity index (χ0n) is 11.5. The molecule has 1 rings (SSSR count). The summed E-state index contributed by atoms with van der Waals surface area (Å²) in [6.07, 6.45) is -0.663. The van der Waals surface area contributed by atoms with Gasteiger partial charge in [0.25, 0.3) is 0 Å². The van der Waals surface area contributed by atoms with Crippen molar-refractivity contribution in [3.05, 3.63) is 0 Å². The van der Waals surface area contributed by atoms with Crippen LogP contribution in [0.5, 0.6) is 0 Å². The van der Waals surface area contributed by atoms with Crippen molar-refractivity contribution >= 4 is 5.97 Å². The van der Waals surface area contributed by atoms with Crippen LogP contribution in [0.4, 0.5) is 0 Å². The Morgan fingerprint density at radius 3 is 2.44 bits per heavy atom. The van der Waals surface area contributed by atoms with Crippen LogP contribution >= 0.6 is 0 Å². The van der Waals surface area contributed by atoms with Crippen LogP contribution in [-0.2, 0) is 14.3 Å². The summed E-state index contributed by atoms with van der Waals surface area (Å²) in [7, 11) is 0. The number of carboxylic acids is 1. The van der Waals surface area contributed by atoms with Gasteiger partial charge < -0.3 is 19.7 Å². The summed E-state index contributed by atoms with van der Waals surface area (Å²) >= 11 is 0. The number of carbonyl (C=O) groups is 1. The molecule has 5 heteroatoms. The zero-order valence-corrected chi connectivity index (χ0v) is 11.5. The lowest BCUT2D eigenvalue weighted by molar-refractivity contribution is -0.207. The van der Waals surface area contributed by atoms with E-state index in [-0.39, 0.29) is 12.0 Å². The number of aliphatic hydroxyl groups excluding tert-OH is 1. The second kappa shape index (κ2) is 5.99. The highest BCUT2D eigenvalue weighted by atomic mass is 16.6. The van der Waals surface area contributed by atoms with Crippen molar-refractivity contribution in [1.29, 1.82) is 0 Å². The van der Waals surface area contributed by atoms with Crippen molar-refractivity contribution in [1.82, 2.24) is 0 Å². The molecule has 0 aliphatic carbocycles. The molecule has 1 heterocycles. The molecule has 0 saturated carbocycles. The van der Waals surface area contributed by atoms with Gasteiger partial charge in [-0.2, -0.15) is 0 Å². The van der Waals surface area contributed by atoms with Crippen LogP contribution in [0.15, 0.2) is 0 Å². The van der Waals surface area contributed by atoms with Crippen LogP contribution in [0, 0.1) is 5.92 Å². The molecule has 0 bridgehead atoms. The Bertz CT molecular complexity index is 285. The van der Waals surface area contributed by atoms with E-state index in [2.05, 4.69) is 0 Å². The minimum absolute atomic E-state index is 0.115. The number of rotatable bonds is 5. The normalized spacial score (nSPS) is 32.2. The van der Waals surface area contributed by atoms with Gasteiger partial charge in [0.05, 0.1) is 24.9 Å². The molecule has 0 aromatic rings. The Morgan fingerprint density at radius 1 is 1.39 bits per heavy atom. The lowest BCUT2D eigenvalue weighted by atomic mass is 9.85. The van der Waals surface area contributed by atoms with E-state index in [1.807, 2.05) is 13.8 Å². The predicted octanol–water partition coefficient (Wildman–Crippen LogP) is 1.43.